The summed E-state index contributed by atoms with van der Waals surface area (Å²) < 4.78 is 0. The van der Waals surface area contributed by atoms with Crippen molar-refractivity contribution in [2.45, 2.75) is 129 Å². The van der Waals surface area contributed by atoms with Gasteiger partial charge in [-0.3, -0.25) is 0 Å². The van der Waals surface area contributed by atoms with Crippen LogP contribution in [0.1, 0.15) is 118 Å². The molecule has 0 unspecified atom stereocenters. The summed E-state index contributed by atoms with van der Waals surface area (Å²) in [6.07, 6.45) is 16.4. The molecule has 0 spiro atoms. The summed E-state index contributed by atoms with van der Waals surface area (Å²) in [6, 6.07) is 0. The topological polar surface area (TPSA) is 40.5 Å². The van der Waals surface area contributed by atoms with Crippen molar-refractivity contribution >= 4 is 0 Å². The number of rotatable bonds is 6. The van der Waals surface area contributed by atoms with Crippen molar-refractivity contribution < 1.29 is 10.2 Å². The summed E-state index contributed by atoms with van der Waals surface area (Å²) in [4.78, 5) is 0. The Hall–Kier alpha value is -0.0800. The van der Waals surface area contributed by atoms with Gasteiger partial charge in [-0.1, -0.05) is 33.6 Å². The zero-order chi connectivity index (χ0) is 21.7. The van der Waals surface area contributed by atoms with Crippen molar-refractivity contribution in [3.63, 3.8) is 0 Å². The van der Waals surface area contributed by atoms with Crippen LogP contribution in [0.25, 0.3) is 0 Å². The van der Waals surface area contributed by atoms with Crippen LogP contribution in [-0.4, -0.2) is 21.4 Å². The van der Waals surface area contributed by atoms with E-state index in [4.69, 9.17) is 0 Å². The van der Waals surface area contributed by atoms with Crippen molar-refractivity contribution in [3.8, 4) is 0 Å². The molecule has 2 N–H and O–H groups in total. The molecule has 0 aromatic heterocycles. The third kappa shape index (κ3) is 4.26. The van der Waals surface area contributed by atoms with E-state index in [1.165, 1.54) is 51.4 Å². The second-order valence-corrected chi connectivity index (χ2v) is 13.2. The van der Waals surface area contributed by atoms with Crippen LogP contribution in [0.15, 0.2) is 0 Å². The van der Waals surface area contributed by atoms with Crippen molar-refractivity contribution in [3.05, 3.63) is 0 Å². The normalized spacial score (nSPS) is 47.3. The van der Waals surface area contributed by atoms with Crippen molar-refractivity contribution in [2.24, 2.45) is 46.8 Å². The van der Waals surface area contributed by atoms with Gasteiger partial charge < -0.3 is 10.2 Å². The minimum Gasteiger partial charge on any atom is -0.390 e. The molecule has 0 heterocycles. The van der Waals surface area contributed by atoms with Gasteiger partial charge in [0.2, 0.25) is 0 Å². The Labute approximate surface area is 186 Å². The van der Waals surface area contributed by atoms with E-state index in [0.29, 0.717) is 5.41 Å². The fourth-order valence-electron chi connectivity index (χ4n) is 9.32. The molecular weight excluding hydrogens is 368 g/mol. The van der Waals surface area contributed by atoms with E-state index in [9.17, 15) is 10.2 Å². The molecule has 4 saturated carbocycles. The first-order valence-corrected chi connectivity index (χ1v) is 13.5. The van der Waals surface area contributed by atoms with Gasteiger partial charge in [0.05, 0.1) is 11.2 Å². The molecule has 0 saturated heterocycles. The van der Waals surface area contributed by atoms with Gasteiger partial charge in [0.25, 0.3) is 0 Å². The van der Waals surface area contributed by atoms with Crippen LogP contribution in [-0.2, 0) is 0 Å². The van der Waals surface area contributed by atoms with Crippen LogP contribution in [0.5, 0.6) is 0 Å². The lowest BCUT2D eigenvalue weighted by molar-refractivity contribution is -0.109. The van der Waals surface area contributed by atoms with E-state index in [1.807, 2.05) is 13.8 Å². The molecule has 174 valence electrons. The molecule has 4 rings (SSSR count). The Morgan fingerprint density at radius 1 is 0.967 bits per heavy atom. The lowest BCUT2D eigenvalue weighted by Crippen LogP contribution is -2.51. The first-order chi connectivity index (χ1) is 14.1. The van der Waals surface area contributed by atoms with Gasteiger partial charge in [0, 0.05) is 0 Å². The Morgan fingerprint density at radius 2 is 1.70 bits per heavy atom. The Bertz CT molecular complexity index is 594. The highest BCUT2D eigenvalue weighted by Crippen LogP contribution is 2.66. The summed E-state index contributed by atoms with van der Waals surface area (Å²) in [5.74, 6) is 6.25. The molecular formula is C28H50O2. The van der Waals surface area contributed by atoms with Gasteiger partial charge in [-0.2, -0.15) is 0 Å². The largest absolute Gasteiger partial charge is 0.390 e. The number of fused-ring (bicyclic) bond motifs is 5. The minimum atomic E-state index is -0.511. The fraction of sp³-hybridized carbons (Fsp3) is 1.00. The highest BCUT2D eigenvalue weighted by molar-refractivity contribution is 5.07. The first kappa shape index (κ1) is 23.1. The first-order valence-electron chi connectivity index (χ1n) is 13.5. The van der Waals surface area contributed by atoms with Crippen LogP contribution in [0, 0.1) is 46.8 Å². The summed E-state index contributed by atoms with van der Waals surface area (Å²) in [6.45, 7) is 11.3. The number of aliphatic hydroxyl groups is 2. The molecule has 0 bridgehead atoms. The minimum absolute atomic E-state index is 0.353. The predicted molar refractivity (Wildman–Crippen MR) is 125 cm³/mol. The molecule has 2 nitrogen and oxygen atoms in total. The third-order valence-electron chi connectivity index (χ3n) is 11.0. The maximum atomic E-state index is 10.9. The second-order valence-electron chi connectivity index (χ2n) is 13.2. The molecule has 0 amide bonds. The zero-order valence-corrected chi connectivity index (χ0v) is 20.6. The summed E-state index contributed by atoms with van der Waals surface area (Å²) in [5, 5.41) is 21.0. The maximum absolute atomic E-state index is 10.9. The Balaban J connectivity index is 1.40. The number of hydrogen-bond donors (Lipinski definition) is 2. The monoisotopic (exact) mass is 418 g/mol. The molecule has 0 aromatic carbocycles. The predicted octanol–water partition coefficient (Wildman–Crippen LogP) is 6.97. The van der Waals surface area contributed by atoms with Gasteiger partial charge in [-0.05, 0) is 131 Å². The average molecular weight is 419 g/mol. The molecule has 30 heavy (non-hydrogen) atoms. The lowest BCUT2D eigenvalue weighted by atomic mass is 9.48. The Kier molecular flexibility index (Phi) is 6.44. The van der Waals surface area contributed by atoms with E-state index in [-0.39, 0.29) is 5.60 Å². The lowest BCUT2D eigenvalue weighted by Gasteiger charge is -2.57. The summed E-state index contributed by atoms with van der Waals surface area (Å²) in [7, 11) is 0. The van der Waals surface area contributed by atoms with Gasteiger partial charge in [0.15, 0.2) is 0 Å². The van der Waals surface area contributed by atoms with Crippen molar-refractivity contribution in [2.75, 3.05) is 0 Å². The highest BCUT2D eigenvalue weighted by Gasteiger charge is 2.58. The van der Waals surface area contributed by atoms with Crippen LogP contribution in [0.4, 0.5) is 0 Å². The van der Waals surface area contributed by atoms with Crippen LogP contribution < -0.4 is 0 Å². The molecule has 4 aliphatic rings. The molecule has 0 radical (unpaired) electrons. The van der Waals surface area contributed by atoms with E-state index in [1.54, 1.807) is 0 Å². The van der Waals surface area contributed by atoms with E-state index in [2.05, 4.69) is 20.8 Å². The van der Waals surface area contributed by atoms with Crippen molar-refractivity contribution in [1.82, 2.24) is 0 Å². The Morgan fingerprint density at radius 3 is 2.40 bits per heavy atom. The van der Waals surface area contributed by atoms with E-state index >= 15 is 0 Å². The highest BCUT2D eigenvalue weighted by atomic mass is 16.3. The molecule has 0 aliphatic heterocycles. The van der Waals surface area contributed by atoms with Crippen LogP contribution in [0.3, 0.4) is 0 Å². The standard InChI is InChI=1S/C28H50O2/c1-6-28(30)17-14-21-20(18-28)9-10-23-22(21)13-16-27(5)24(11-12-25(23)27)19(2)8-7-15-26(3,4)29/h19-25,29-30H,6-18H2,1-5H3/t19-,20+,21+,22-,23-,24-,25+,27-,28+/m1/s1. The van der Waals surface area contributed by atoms with Gasteiger partial charge in [-0.25, -0.2) is 0 Å². The zero-order valence-electron chi connectivity index (χ0n) is 20.6. The summed E-state index contributed by atoms with van der Waals surface area (Å²) in [5.41, 5.74) is -0.308. The second kappa shape index (κ2) is 8.36. The molecule has 4 fully saturated rings. The van der Waals surface area contributed by atoms with Gasteiger partial charge >= 0.3 is 0 Å². The van der Waals surface area contributed by atoms with E-state index in [0.717, 1.165) is 73.5 Å². The third-order valence-corrected chi connectivity index (χ3v) is 11.0. The fourth-order valence-corrected chi connectivity index (χ4v) is 9.32. The van der Waals surface area contributed by atoms with E-state index < -0.39 is 5.60 Å². The number of hydrogen-bond acceptors (Lipinski definition) is 2. The van der Waals surface area contributed by atoms with Crippen LogP contribution in [0.2, 0.25) is 0 Å². The molecule has 2 heteroatoms. The molecule has 0 aromatic rings. The van der Waals surface area contributed by atoms with Crippen LogP contribution >= 0.6 is 0 Å². The summed E-state index contributed by atoms with van der Waals surface area (Å²) >= 11 is 0. The smallest absolute Gasteiger partial charge is 0.0648 e. The average Bonchev–Trinajstić information content (AvgIpc) is 3.04. The molecule has 4 aliphatic carbocycles. The van der Waals surface area contributed by atoms with Crippen molar-refractivity contribution in [1.29, 1.82) is 0 Å². The van der Waals surface area contributed by atoms with Gasteiger partial charge in [-0.15, -0.1) is 0 Å². The molecule has 9 atom stereocenters. The quantitative estimate of drug-likeness (QED) is 0.489. The van der Waals surface area contributed by atoms with Gasteiger partial charge in [0.1, 0.15) is 0 Å². The SMILES string of the molecule is CC[C@]1(O)CC[C@H]2[C@@H](CC[C@@H]3[C@@H]2CC[C@]2(C)[C@@H]([C@H](C)CCCC(C)(C)O)CC[C@@H]32)C1. The maximum Gasteiger partial charge on any atom is 0.0648 e.